The van der Waals surface area contributed by atoms with E-state index in [4.69, 9.17) is 0 Å². The largest absolute Gasteiger partial charge is 0.388 e. The standard InChI is InChI=1S/C13H12Br2OS/c1-8-2-3-10(14)9(6-8)12(16)7-13-11(15)4-5-17-13/h2-6,12,16H,7H2,1H3. The summed E-state index contributed by atoms with van der Waals surface area (Å²) in [5.41, 5.74) is 2.11. The second kappa shape index (κ2) is 5.65. The van der Waals surface area contributed by atoms with Crippen LogP contribution in [0, 0.1) is 6.92 Å². The average molecular weight is 376 g/mol. The zero-order valence-electron chi connectivity index (χ0n) is 9.28. The van der Waals surface area contributed by atoms with Gasteiger partial charge in [0.2, 0.25) is 0 Å². The second-order valence-electron chi connectivity index (χ2n) is 3.94. The van der Waals surface area contributed by atoms with Gasteiger partial charge in [-0.3, -0.25) is 0 Å². The quantitative estimate of drug-likeness (QED) is 0.812. The molecule has 1 N–H and O–H groups in total. The molecule has 1 unspecified atom stereocenters. The second-order valence-corrected chi connectivity index (χ2v) is 6.65. The number of rotatable bonds is 3. The molecule has 1 nitrogen and oxygen atoms in total. The molecule has 0 aliphatic carbocycles. The maximum absolute atomic E-state index is 10.3. The van der Waals surface area contributed by atoms with Crippen molar-refractivity contribution in [3.05, 3.63) is 54.6 Å². The first-order valence-electron chi connectivity index (χ1n) is 5.24. The molecular formula is C13H12Br2OS. The van der Waals surface area contributed by atoms with E-state index in [1.165, 1.54) is 4.88 Å². The summed E-state index contributed by atoms with van der Waals surface area (Å²) in [6.45, 7) is 2.03. The molecule has 0 amide bonds. The van der Waals surface area contributed by atoms with Gasteiger partial charge in [0, 0.05) is 20.2 Å². The molecule has 0 radical (unpaired) electrons. The van der Waals surface area contributed by atoms with E-state index in [1.807, 2.05) is 36.6 Å². The Labute approximate surface area is 122 Å². The van der Waals surface area contributed by atoms with Gasteiger partial charge in [-0.2, -0.15) is 0 Å². The van der Waals surface area contributed by atoms with E-state index in [1.54, 1.807) is 11.3 Å². The molecule has 90 valence electrons. The molecule has 17 heavy (non-hydrogen) atoms. The van der Waals surface area contributed by atoms with E-state index in [0.29, 0.717) is 6.42 Å². The Morgan fingerprint density at radius 3 is 2.65 bits per heavy atom. The van der Waals surface area contributed by atoms with Gasteiger partial charge in [-0.1, -0.05) is 33.6 Å². The van der Waals surface area contributed by atoms with Crippen molar-refractivity contribution >= 4 is 43.2 Å². The molecule has 2 aromatic rings. The number of thiophene rings is 1. The number of benzene rings is 1. The fourth-order valence-corrected chi connectivity index (χ4v) is 3.74. The van der Waals surface area contributed by atoms with Crippen molar-refractivity contribution in [2.24, 2.45) is 0 Å². The number of halogens is 2. The Balaban J connectivity index is 2.23. The third-order valence-corrected chi connectivity index (χ3v) is 5.25. The van der Waals surface area contributed by atoms with Gasteiger partial charge in [0.25, 0.3) is 0 Å². The molecule has 4 heteroatoms. The number of aryl methyl sites for hydroxylation is 1. The van der Waals surface area contributed by atoms with Crippen LogP contribution in [0.25, 0.3) is 0 Å². The van der Waals surface area contributed by atoms with Crippen LogP contribution in [0.3, 0.4) is 0 Å². The van der Waals surface area contributed by atoms with Crippen molar-refractivity contribution in [2.45, 2.75) is 19.4 Å². The first-order valence-corrected chi connectivity index (χ1v) is 7.70. The van der Waals surface area contributed by atoms with E-state index < -0.39 is 6.10 Å². The topological polar surface area (TPSA) is 20.2 Å². The Morgan fingerprint density at radius 2 is 2.00 bits per heavy atom. The minimum Gasteiger partial charge on any atom is -0.388 e. The Hall–Kier alpha value is -0.160. The minimum absolute atomic E-state index is 0.473. The van der Waals surface area contributed by atoms with Crippen LogP contribution in [0.4, 0.5) is 0 Å². The average Bonchev–Trinajstić information content (AvgIpc) is 2.68. The Morgan fingerprint density at radius 1 is 1.24 bits per heavy atom. The summed E-state index contributed by atoms with van der Waals surface area (Å²) >= 11 is 8.63. The zero-order chi connectivity index (χ0) is 12.4. The maximum Gasteiger partial charge on any atom is 0.0849 e. The van der Waals surface area contributed by atoms with Gasteiger partial charge < -0.3 is 5.11 Å². The van der Waals surface area contributed by atoms with E-state index in [0.717, 1.165) is 20.1 Å². The molecule has 1 aromatic carbocycles. The molecule has 0 aliphatic heterocycles. The van der Waals surface area contributed by atoms with Gasteiger partial charge in [0.05, 0.1) is 6.10 Å². The lowest BCUT2D eigenvalue weighted by Gasteiger charge is -2.13. The summed E-state index contributed by atoms with van der Waals surface area (Å²) in [7, 11) is 0. The molecule has 1 heterocycles. The monoisotopic (exact) mass is 374 g/mol. The van der Waals surface area contributed by atoms with Crippen molar-refractivity contribution in [3.63, 3.8) is 0 Å². The molecule has 1 atom stereocenters. The highest BCUT2D eigenvalue weighted by Crippen LogP contribution is 2.31. The summed E-state index contributed by atoms with van der Waals surface area (Å²) in [5.74, 6) is 0. The van der Waals surface area contributed by atoms with E-state index in [-0.39, 0.29) is 0 Å². The SMILES string of the molecule is Cc1ccc(Br)c(C(O)Cc2sccc2Br)c1. The zero-order valence-corrected chi connectivity index (χ0v) is 13.3. The highest BCUT2D eigenvalue weighted by Gasteiger charge is 2.14. The predicted octanol–water partition coefficient (Wildman–Crippen LogP) is 4.86. The molecule has 0 fully saturated rings. The van der Waals surface area contributed by atoms with Gasteiger partial charge in [0.15, 0.2) is 0 Å². The third kappa shape index (κ3) is 3.19. The van der Waals surface area contributed by atoms with Crippen LogP contribution in [-0.4, -0.2) is 5.11 Å². The summed E-state index contributed by atoms with van der Waals surface area (Å²) in [6.07, 6.45) is 0.166. The normalized spacial score (nSPS) is 12.7. The van der Waals surface area contributed by atoms with Gasteiger partial charge >= 0.3 is 0 Å². The van der Waals surface area contributed by atoms with Crippen molar-refractivity contribution in [1.29, 1.82) is 0 Å². The van der Waals surface area contributed by atoms with E-state index in [9.17, 15) is 5.11 Å². The minimum atomic E-state index is -0.473. The van der Waals surface area contributed by atoms with Crippen LogP contribution < -0.4 is 0 Å². The molecule has 0 saturated heterocycles. The van der Waals surface area contributed by atoms with Crippen molar-refractivity contribution < 1.29 is 5.11 Å². The van der Waals surface area contributed by atoms with Crippen LogP contribution in [-0.2, 0) is 6.42 Å². The lowest BCUT2D eigenvalue weighted by atomic mass is 10.0. The Kier molecular flexibility index (Phi) is 4.42. The molecule has 0 spiro atoms. The van der Waals surface area contributed by atoms with Crippen molar-refractivity contribution in [3.8, 4) is 0 Å². The van der Waals surface area contributed by atoms with Crippen LogP contribution in [0.2, 0.25) is 0 Å². The third-order valence-electron chi connectivity index (χ3n) is 2.58. The number of aliphatic hydroxyl groups excluding tert-OH is 1. The van der Waals surface area contributed by atoms with E-state index in [2.05, 4.69) is 31.9 Å². The van der Waals surface area contributed by atoms with Gasteiger partial charge in [0.1, 0.15) is 0 Å². The summed E-state index contributed by atoms with van der Waals surface area (Å²) in [5, 5.41) is 12.3. The first kappa shape index (κ1) is 13.3. The van der Waals surface area contributed by atoms with Crippen molar-refractivity contribution in [2.75, 3.05) is 0 Å². The fraction of sp³-hybridized carbons (Fsp3) is 0.231. The summed E-state index contributed by atoms with van der Waals surface area (Å²) in [4.78, 5) is 1.17. The molecule has 0 aliphatic rings. The predicted molar refractivity (Wildman–Crippen MR) is 79.6 cm³/mol. The fourth-order valence-electron chi connectivity index (χ4n) is 1.67. The maximum atomic E-state index is 10.3. The van der Waals surface area contributed by atoms with Crippen LogP contribution in [0.5, 0.6) is 0 Å². The highest BCUT2D eigenvalue weighted by molar-refractivity contribution is 9.10. The number of aliphatic hydroxyl groups is 1. The van der Waals surface area contributed by atoms with Crippen molar-refractivity contribution in [1.82, 2.24) is 0 Å². The van der Waals surface area contributed by atoms with Crippen LogP contribution in [0.1, 0.15) is 22.1 Å². The summed E-state index contributed by atoms with van der Waals surface area (Å²) in [6, 6.07) is 8.05. The molecule has 2 rings (SSSR count). The lowest BCUT2D eigenvalue weighted by molar-refractivity contribution is 0.178. The molecule has 1 aromatic heterocycles. The van der Waals surface area contributed by atoms with Crippen LogP contribution in [0.15, 0.2) is 38.6 Å². The van der Waals surface area contributed by atoms with Crippen LogP contribution >= 0.6 is 43.2 Å². The lowest BCUT2D eigenvalue weighted by Crippen LogP contribution is -2.02. The first-order chi connectivity index (χ1) is 8.08. The molecule has 0 bridgehead atoms. The highest BCUT2D eigenvalue weighted by atomic mass is 79.9. The summed E-state index contributed by atoms with van der Waals surface area (Å²) < 4.78 is 2.04. The molecule has 0 saturated carbocycles. The van der Waals surface area contributed by atoms with Gasteiger partial charge in [-0.05, 0) is 45.9 Å². The van der Waals surface area contributed by atoms with Gasteiger partial charge in [-0.15, -0.1) is 11.3 Å². The van der Waals surface area contributed by atoms with Gasteiger partial charge in [-0.25, -0.2) is 0 Å². The Bertz CT molecular complexity index is 522. The molecular weight excluding hydrogens is 364 g/mol. The smallest absolute Gasteiger partial charge is 0.0849 e. The van der Waals surface area contributed by atoms with E-state index >= 15 is 0 Å². The number of hydrogen-bond donors (Lipinski definition) is 1. The number of hydrogen-bond acceptors (Lipinski definition) is 2.